The van der Waals surface area contributed by atoms with Crippen LogP contribution in [0.25, 0.3) is 66.1 Å². The molecule has 0 N–H and O–H groups in total. The van der Waals surface area contributed by atoms with Crippen molar-refractivity contribution in [2.24, 2.45) is 0 Å². The third-order valence-electron chi connectivity index (χ3n) is 14.9. The molecule has 0 aliphatic heterocycles. The average molecular weight is 860 g/mol. The molecule has 320 valence electrons. The maximum absolute atomic E-state index is 6.61. The van der Waals surface area contributed by atoms with Crippen LogP contribution in [-0.2, 0) is 5.41 Å². The molecule has 2 aliphatic rings. The molecular formula is C65H49NO. The molecule has 1 fully saturated rings. The fourth-order valence-corrected chi connectivity index (χ4v) is 11.9. The molecule has 67 heavy (non-hydrogen) atoms. The van der Waals surface area contributed by atoms with Crippen molar-refractivity contribution in [2.45, 2.75) is 43.4 Å². The topological polar surface area (TPSA) is 16.4 Å². The first-order valence-electron chi connectivity index (χ1n) is 24.0. The summed E-state index contributed by atoms with van der Waals surface area (Å²) in [5.41, 5.74) is 18.5. The number of nitrogens with zero attached hydrogens (tertiary/aromatic N) is 1. The van der Waals surface area contributed by atoms with Crippen LogP contribution in [0, 0.1) is 0 Å². The SMILES string of the molecule is c1ccc(-c2cccc3cccc(-c4cccc(N(c5ccc6c(c5)C(c5ccccc5)(c5ccccc5)c5cc(C7CCCCC7)ccc5-6)c5ccc6c(c5)oc5ccccc56)c4)c23)cc1. The number of benzene rings is 10. The number of furan rings is 1. The van der Waals surface area contributed by atoms with Crippen molar-refractivity contribution < 1.29 is 4.42 Å². The van der Waals surface area contributed by atoms with Gasteiger partial charge < -0.3 is 9.32 Å². The van der Waals surface area contributed by atoms with Crippen LogP contribution in [0.3, 0.4) is 0 Å². The van der Waals surface area contributed by atoms with E-state index in [1.165, 1.54) is 98.5 Å². The first-order chi connectivity index (χ1) is 33.2. The van der Waals surface area contributed by atoms with Gasteiger partial charge in [-0.1, -0.05) is 201 Å². The molecule has 0 unspecified atom stereocenters. The molecule has 13 rings (SSSR count). The minimum Gasteiger partial charge on any atom is -0.456 e. The predicted molar refractivity (Wildman–Crippen MR) is 280 cm³/mol. The first-order valence-corrected chi connectivity index (χ1v) is 24.0. The van der Waals surface area contributed by atoms with Crippen molar-refractivity contribution >= 4 is 49.8 Å². The number of rotatable bonds is 8. The Hall–Kier alpha value is -7.94. The van der Waals surface area contributed by atoms with Gasteiger partial charge in [-0.25, -0.2) is 0 Å². The number of hydrogen-bond acceptors (Lipinski definition) is 2. The van der Waals surface area contributed by atoms with E-state index in [0.29, 0.717) is 5.92 Å². The molecule has 0 radical (unpaired) electrons. The Balaban J connectivity index is 1.05. The second kappa shape index (κ2) is 16.2. The van der Waals surface area contributed by atoms with E-state index in [1.807, 2.05) is 6.07 Å². The van der Waals surface area contributed by atoms with Gasteiger partial charge in [0, 0.05) is 33.9 Å². The van der Waals surface area contributed by atoms with E-state index >= 15 is 0 Å². The summed E-state index contributed by atoms with van der Waals surface area (Å²) in [6.07, 6.45) is 6.47. The summed E-state index contributed by atoms with van der Waals surface area (Å²) in [7, 11) is 0. The van der Waals surface area contributed by atoms with E-state index < -0.39 is 5.41 Å². The highest BCUT2D eigenvalue weighted by Gasteiger charge is 2.47. The molecule has 0 bridgehead atoms. The first kappa shape index (κ1) is 39.4. The maximum Gasteiger partial charge on any atom is 0.137 e. The molecule has 1 saturated carbocycles. The van der Waals surface area contributed by atoms with Gasteiger partial charge in [0.15, 0.2) is 0 Å². The third-order valence-corrected chi connectivity index (χ3v) is 14.9. The summed E-state index contributed by atoms with van der Waals surface area (Å²) >= 11 is 0. The molecule has 0 atom stereocenters. The van der Waals surface area contributed by atoms with E-state index in [-0.39, 0.29) is 0 Å². The van der Waals surface area contributed by atoms with Crippen molar-refractivity contribution in [3.8, 4) is 33.4 Å². The molecule has 0 amide bonds. The van der Waals surface area contributed by atoms with Crippen LogP contribution < -0.4 is 4.90 Å². The lowest BCUT2D eigenvalue weighted by Gasteiger charge is -2.35. The van der Waals surface area contributed by atoms with Crippen LogP contribution in [0.4, 0.5) is 17.1 Å². The summed E-state index contributed by atoms with van der Waals surface area (Å²) < 4.78 is 6.61. The van der Waals surface area contributed by atoms with E-state index in [0.717, 1.165) is 44.6 Å². The summed E-state index contributed by atoms with van der Waals surface area (Å²) in [4.78, 5) is 2.44. The van der Waals surface area contributed by atoms with Gasteiger partial charge in [0.2, 0.25) is 0 Å². The van der Waals surface area contributed by atoms with Gasteiger partial charge in [-0.3, -0.25) is 0 Å². The molecule has 11 aromatic rings. The zero-order valence-electron chi connectivity index (χ0n) is 37.4. The molecular weight excluding hydrogens is 811 g/mol. The minimum atomic E-state index is -0.541. The summed E-state index contributed by atoms with van der Waals surface area (Å²) in [6, 6.07) is 85.6. The van der Waals surface area contributed by atoms with Crippen LogP contribution in [0.5, 0.6) is 0 Å². The van der Waals surface area contributed by atoms with Crippen molar-refractivity contribution in [1.29, 1.82) is 0 Å². The minimum absolute atomic E-state index is 0.541. The van der Waals surface area contributed by atoms with E-state index in [9.17, 15) is 0 Å². The molecule has 0 saturated heterocycles. The zero-order chi connectivity index (χ0) is 44.3. The third kappa shape index (κ3) is 6.46. The Morgan fingerprint density at radius 2 is 0.955 bits per heavy atom. The molecule has 1 aromatic heterocycles. The van der Waals surface area contributed by atoms with Crippen LogP contribution in [0.2, 0.25) is 0 Å². The molecule has 0 spiro atoms. The van der Waals surface area contributed by atoms with Gasteiger partial charge in [0.1, 0.15) is 11.2 Å². The van der Waals surface area contributed by atoms with Gasteiger partial charge in [0.05, 0.1) is 5.41 Å². The largest absolute Gasteiger partial charge is 0.456 e. The number of anilines is 3. The Morgan fingerprint density at radius 1 is 0.388 bits per heavy atom. The summed E-state index contributed by atoms with van der Waals surface area (Å²) in [6.45, 7) is 0. The smallest absolute Gasteiger partial charge is 0.137 e. The number of para-hydroxylation sites is 1. The number of fused-ring (bicyclic) bond motifs is 7. The zero-order valence-corrected chi connectivity index (χ0v) is 37.4. The van der Waals surface area contributed by atoms with Crippen LogP contribution in [0.1, 0.15) is 65.8 Å². The normalized spacial score (nSPS) is 14.3. The molecule has 2 heteroatoms. The highest BCUT2D eigenvalue weighted by Crippen LogP contribution is 2.58. The average Bonchev–Trinajstić information content (AvgIpc) is 3.92. The monoisotopic (exact) mass is 859 g/mol. The second-order valence-corrected chi connectivity index (χ2v) is 18.6. The van der Waals surface area contributed by atoms with E-state index in [1.54, 1.807) is 0 Å². The van der Waals surface area contributed by atoms with E-state index in [4.69, 9.17) is 4.42 Å². The van der Waals surface area contributed by atoms with Crippen molar-refractivity contribution in [1.82, 2.24) is 0 Å². The van der Waals surface area contributed by atoms with Gasteiger partial charge in [0.25, 0.3) is 0 Å². The van der Waals surface area contributed by atoms with Crippen LogP contribution >= 0.6 is 0 Å². The van der Waals surface area contributed by atoms with Gasteiger partial charge in [-0.2, -0.15) is 0 Å². The number of hydrogen-bond donors (Lipinski definition) is 0. The second-order valence-electron chi connectivity index (χ2n) is 18.6. The fourth-order valence-electron chi connectivity index (χ4n) is 11.9. The quantitative estimate of drug-likeness (QED) is 0.151. The summed E-state index contributed by atoms with van der Waals surface area (Å²) in [5.74, 6) is 0.587. The highest BCUT2D eigenvalue weighted by molar-refractivity contribution is 6.08. The molecule has 2 aliphatic carbocycles. The highest BCUT2D eigenvalue weighted by atomic mass is 16.3. The maximum atomic E-state index is 6.61. The van der Waals surface area contributed by atoms with Crippen molar-refractivity contribution in [2.75, 3.05) is 4.90 Å². The van der Waals surface area contributed by atoms with Crippen LogP contribution in [0.15, 0.2) is 235 Å². The van der Waals surface area contributed by atoms with Crippen molar-refractivity contribution in [3.63, 3.8) is 0 Å². The molecule has 2 nitrogen and oxygen atoms in total. The lowest BCUT2D eigenvalue weighted by Crippen LogP contribution is -2.29. The Labute approximate surface area is 392 Å². The Bertz CT molecular complexity index is 3570. The standard InChI is InChI=1S/C65H49NO/c1-5-18-44(19-6-1)47-34-37-56-57-38-35-52(42-61(57)65(60(56)41-47,49-25-9-3-10-26-49)50-27-11-4-12-28-50)66(53-36-39-59-58-30-13-14-33-62(58)67-63(59)43-53)51-29-15-24-48(40-51)55-32-17-23-46-22-16-31-54(64(46)55)45-20-7-2-8-21-45/h2-4,7-17,20-44H,1,5-6,18-19H2. The lowest BCUT2D eigenvalue weighted by atomic mass is 9.67. The van der Waals surface area contributed by atoms with Crippen molar-refractivity contribution in [3.05, 3.63) is 258 Å². The van der Waals surface area contributed by atoms with Gasteiger partial charge >= 0.3 is 0 Å². The summed E-state index contributed by atoms with van der Waals surface area (Å²) in [5, 5.41) is 4.71. The molecule has 10 aromatic carbocycles. The van der Waals surface area contributed by atoms with Crippen LogP contribution in [-0.4, -0.2) is 0 Å². The lowest BCUT2D eigenvalue weighted by molar-refractivity contribution is 0.443. The predicted octanol–water partition coefficient (Wildman–Crippen LogP) is 18.0. The Morgan fingerprint density at radius 3 is 1.70 bits per heavy atom. The molecule has 1 heterocycles. The fraction of sp³-hybridized carbons (Fsp3) is 0.108. The Kier molecular flexibility index (Phi) is 9.53. The van der Waals surface area contributed by atoms with E-state index in [2.05, 4.69) is 229 Å². The van der Waals surface area contributed by atoms with Gasteiger partial charge in [-0.05, 0) is 133 Å². The van der Waals surface area contributed by atoms with Gasteiger partial charge in [-0.15, -0.1) is 0 Å².